The molecule has 0 fully saturated rings. The van der Waals surface area contributed by atoms with Crippen molar-refractivity contribution in [3.8, 4) is 0 Å². The summed E-state index contributed by atoms with van der Waals surface area (Å²) in [6.07, 6.45) is 20.2. The van der Waals surface area contributed by atoms with Crippen LogP contribution >= 0.6 is 0 Å². The normalized spacial score (nSPS) is 10.3. The molecule has 0 amide bonds. The number of Topliss-reactive ketones (excluding diaryl/α,β-unsaturated/α-hetero) is 1. The number of ketones is 1. The molecule has 0 aliphatic rings. The number of hydrogen-bond donors (Lipinski definition) is 0. The first-order valence-electron chi connectivity index (χ1n) is 10.3. The van der Waals surface area contributed by atoms with Crippen LogP contribution in [0.15, 0.2) is 0 Å². The molecule has 0 spiro atoms. The van der Waals surface area contributed by atoms with Crippen molar-refractivity contribution in [3.05, 3.63) is 0 Å². The number of unbranched alkanes of at least 4 members (excludes halogenated alkanes) is 14. The second-order valence-corrected chi connectivity index (χ2v) is 7.06. The Labute approximate surface area is 175 Å². The fourth-order valence-electron chi connectivity index (χ4n) is 2.89. The van der Waals surface area contributed by atoms with E-state index in [1.165, 1.54) is 90.4 Å². The maximum absolute atomic E-state index is 11.3. The van der Waals surface area contributed by atoms with Gasteiger partial charge in [0.25, 0.3) is 0 Å². The number of carbonyl (C=O) groups excluding carboxylic acids is 2. The summed E-state index contributed by atoms with van der Waals surface area (Å²) in [7, 11) is 0. The third kappa shape index (κ3) is 23.9. The first-order chi connectivity index (χ1) is 11.7. The van der Waals surface area contributed by atoms with Crippen LogP contribution < -0.4 is 0 Å². The largest absolute Gasteiger partial charge is 2.00 e. The quantitative estimate of drug-likeness (QED) is 0.164. The summed E-state index contributed by atoms with van der Waals surface area (Å²) in [5.41, 5.74) is 0. The van der Waals surface area contributed by atoms with Gasteiger partial charge in [-0.15, -0.1) is 0 Å². The van der Waals surface area contributed by atoms with E-state index in [1.807, 2.05) is 0 Å². The van der Waals surface area contributed by atoms with Gasteiger partial charge in [-0.25, -0.2) is 0 Å². The van der Waals surface area contributed by atoms with Crippen molar-refractivity contribution in [3.63, 3.8) is 0 Å². The average Bonchev–Trinajstić information content (AvgIpc) is 2.56. The Balaban J connectivity index is -0.000000882. The van der Waals surface area contributed by atoms with Crippen molar-refractivity contribution in [2.75, 3.05) is 6.61 Å². The third-order valence-electron chi connectivity index (χ3n) is 4.42. The van der Waals surface area contributed by atoms with Crippen LogP contribution in [-0.4, -0.2) is 41.4 Å². The molecule has 0 saturated carbocycles. The van der Waals surface area contributed by atoms with Crippen LogP contribution in [0.4, 0.5) is 0 Å². The first kappa shape index (κ1) is 27.1. The molecule has 0 radical (unpaired) electrons. The molecule has 0 aliphatic carbocycles. The zero-order valence-corrected chi connectivity index (χ0v) is 18.4. The number of ether oxygens (including phenoxy) is 1. The van der Waals surface area contributed by atoms with Crippen LogP contribution in [0.25, 0.3) is 0 Å². The smallest absolute Gasteiger partial charge is 1.00 e. The topological polar surface area (TPSA) is 43.4 Å². The molecule has 3 nitrogen and oxygen atoms in total. The molecule has 0 bridgehead atoms. The van der Waals surface area contributed by atoms with Crippen LogP contribution in [0.2, 0.25) is 0 Å². The Hall–Kier alpha value is -0.0938. The van der Waals surface area contributed by atoms with Crippen molar-refractivity contribution >= 4 is 34.8 Å². The van der Waals surface area contributed by atoms with E-state index in [0.29, 0.717) is 6.42 Å². The summed E-state index contributed by atoms with van der Waals surface area (Å²) in [5, 5.41) is 0. The standard InChI is InChI=1S/C21H40O3.Mg.2H/c1-3-4-5-6-7-8-9-10-11-12-13-14-15-16-17-18-21(23)24-19-20(2)22;;;/h3-19H2,1-2H3;;;/q;+2;2*-1. The van der Waals surface area contributed by atoms with E-state index >= 15 is 0 Å². The van der Waals surface area contributed by atoms with Gasteiger partial charge in [0.1, 0.15) is 6.61 Å². The summed E-state index contributed by atoms with van der Waals surface area (Å²) >= 11 is 0. The minimum Gasteiger partial charge on any atom is -1.00 e. The Morgan fingerprint density at radius 3 is 1.40 bits per heavy atom. The Morgan fingerprint density at radius 2 is 1.04 bits per heavy atom. The van der Waals surface area contributed by atoms with Gasteiger partial charge < -0.3 is 7.59 Å². The van der Waals surface area contributed by atoms with E-state index in [0.717, 1.165) is 12.8 Å². The van der Waals surface area contributed by atoms with Crippen LogP contribution in [0.5, 0.6) is 0 Å². The van der Waals surface area contributed by atoms with Gasteiger partial charge in [-0.2, -0.15) is 0 Å². The van der Waals surface area contributed by atoms with Gasteiger partial charge in [0.15, 0.2) is 5.78 Å². The van der Waals surface area contributed by atoms with Crippen LogP contribution in [-0.2, 0) is 14.3 Å². The van der Waals surface area contributed by atoms with Crippen molar-refractivity contribution in [2.45, 2.75) is 117 Å². The van der Waals surface area contributed by atoms with E-state index in [9.17, 15) is 9.59 Å². The molecule has 0 rings (SSSR count). The maximum atomic E-state index is 11.3. The molecule has 146 valence electrons. The van der Waals surface area contributed by atoms with Gasteiger partial charge in [-0.1, -0.05) is 96.8 Å². The van der Waals surface area contributed by atoms with Crippen molar-refractivity contribution in [1.29, 1.82) is 0 Å². The molecule has 0 atom stereocenters. The van der Waals surface area contributed by atoms with Gasteiger partial charge >= 0.3 is 29.0 Å². The number of hydrogen-bond acceptors (Lipinski definition) is 3. The molecule has 0 heterocycles. The number of carbonyl (C=O) groups is 2. The Bertz CT molecular complexity index is 316. The molecule has 4 heteroatoms. The van der Waals surface area contributed by atoms with Crippen molar-refractivity contribution < 1.29 is 17.2 Å². The second kappa shape index (κ2) is 21.9. The van der Waals surface area contributed by atoms with Crippen LogP contribution in [0.1, 0.15) is 119 Å². The fourth-order valence-corrected chi connectivity index (χ4v) is 2.89. The predicted molar refractivity (Wildman–Crippen MR) is 109 cm³/mol. The predicted octanol–water partition coefficient (Wildman–Crippen LogP) is 6.22. The summed E-state index contributed by atoms with van der Waals surface area (Å²) in [4.78, 5) is 22.0. The second-order valence-electron chi connectivity index (χ2n) is 7.06. The summed E-state index contributed by atoms with van der Waals surface area (Å²) in [6, 6.07) is 0. The zero-order chi connectivity index (χ0) is 17.9. The Morgan fingerprint density at radius 1 is 0.680 bits per heavy atom. The monoisotopic (exact) mass is 366 g/mol. The maximum Gasteiger partial charge on any atom is 2.00 e. The first-order valence-corrected chi connectivity index (χ1v) is 10.3. The molecular formula is C21H42MgO3. The SMILES string of the molecule is CCCCCCCCCCCCCCCCCC(=O)OCC(C)=O.[H-].[H-].[Mg+2]. The van der Waals surface area contributed by atoms with Crippen LogP contribution in [0, 0.1) is 0 Å². The van der Waals surface area contributed by atoms with Gasteiger partial charge in [-0.3, -0.25) is 9.59 Å². The summed E-state index contributed by atoms with van der Waals surface area (Å²) in [6.45, 7) is 3.63. The molecular weight excluding hydrogens is 325 g/mol. The van der Waals surface area contributed by atoms with E-state index in [-0.39, 0.29) is 44.3 Å². The molecule has 0 aromatic heterocycles. The van der Waals surface area contributed by atoms with Gasteiger partial charge in [0.05, 0.1) is 0 Å². The van der Waals surface area contributed by atoms with Gasteiger partial charge in [0.2, 0.25) is 0 Å². The van der Waals surface area contributed by atoms with E-state index < -0.39 is 0 Å². The summed E-state index contributed by atoms with van der Waals surface area (Å²) in [5.74, 6) is -0.334. The Kier molecular flexibility index (Phi) is 23.8. The third-order valence-corrected chi connectivity index (χ3v) is 4.42. The van der Waals surface area contributed by atoms with E-state index in [1.54, 1.807) is 0 Å². The number of esters is 1. The summed E-state index contributed by atoms with van der Waals surface area (Å²) < 4.78 is 4.83. The molecule has 0 N–H and O–H groups in total. The molecule has 0 aromatic carbocycles. The van der Waals surface area contributed by atoms with Crippen molar-refractivity contribution in [2.24, 2.45) is 0 Å². The average molecular weight is 367 g/mol. The van der Waals surface area contributed by atoms with Crippen LogP contribution in [0.3, 0.4) is 0 Å². The molecule has 0 aromatic rings. The van der Waals surface area contributed by atoms with Gasteiger partial charge in [0, 0.05) is 6.42 Å². The molecule has 25 heavy (non-hydrogen) atoms. The fraction of sp³-hybridized carbons (Fsp3) is 0.905. The molecule has 0 saturated heterocycles. The van der Waals surface area contributed by atoms with Crippen molar-refractivity contribution in [1.82, 2.24) is 0 Å². The van der Waals surface area contributed by atoms with E-state index in [2.05, 4.69) is 6.92 Å². The minimum atomic E-state index is -0.236. The molecule has 0 aliphatic heterocycles. The molecule has 0 unspecified atom stereocenters. The number of rotatable bonds is 18. The minimum absolute atomic E-state index is 0. The zero-order valence-electron chi connectivity index (χ0n) is 19.0. The van der Waals surface area contributed by atoms with E-state index in [4.69, 9.17) is 4.74 Å². The van der Waals surface area contributed by atoms with Gasteiger partial charge in [-0.05, 0) is 13.3 Å².